The summed E-state index contributed by atoms with van der Waals surface area (Å²) >= 11 is 0. The molecule has 1 N–H and O–H groups in total. The summed E-state index contributed by atoms with van der Waals surface area (Å²) in [4.78, 5) is 39.9. The molecule has 1 aromatic heterocycles. The number of hydrogen-bond acceptors (Lipinski definition) is 5. The van der Waals surface area contributed by atoms with Crippen molar-refractivity contribution in [1.82, 2.24) is 19.6 Å². The van der Waals surface area contributed by atoms with Gasteiger partial charge in [0, 0.05) is 18.7 Å². The van der Waals surface area contributed by atoms with Crippen molar-refractivity contribution < 1.29 is 24.2 Å². The van der Waals surface area contributed by atoms with E-state index in [1.165, 1.54) is 4.90 Å². The van der Waals surface area contributed by atoms with Crippen LogP contribution in [0.4, 0.5) is 0 Å². The van der Waals surface area contributed by atoms with Gasteiger partial charge in [0.15, 0.2) is 0 Å². The molecule has 2 amide bonds. The Bertz CT molecular complexity index is 1020. The van der Waals surface area contributed by atoms with Crippen molar-refractivity contribution >= 4 is 17.8 Å². The van der Waals surface area contributed by atoms with Gasteiger partial charge >= 0.3 is 5.97 Å². The standard InChI is InChI=1S/C21H22N4O5/c1-12-2-4-13(5-3-12)15-6-16-20(27)24(17-10-30-11-18(17)25(16)22-15)9-19(26)23-7-14(8-23)21(28)29/h2-6,14,17-18H,7-11H2,1H3,(H,28,29). The highest BCUT2D eigenvalue weighted by Crippen LogP contribution is 2.34. The van der Waals surface area contributed by atoms with Gasteiger partial charge in [-0.3, -0.25) is 19.1 Å². The summed E-state index contributed by atoms with van der Waals surface area (Å²) in [6.45, 7) is 3.08. The lowest BCUT2D eigenvalue weighted by Gasteiger charge is -2.40. The van der Waals surface area contributed by atoms with Gasteiger partial charge in [-0.05, 0) is 13.0 Å². The molecule has 0 spiro atoms. The van der Waals surface area contributed by atoms with Crippen LogP contribution in [0.3, 0.4) is 0 Å². The van der Waals surface area contributed by atoms with Gasteiger partial charge in [-0.2, -0.15) is 5.10 Å². The van der Waals surface area contributed by atoms with Gasteiger partial charge < -0.3 is 19.6 Å². The van der Waals surface area contributed by atoms with Crippen LogP contribution in [0.5, 0.6) is 0 Å². The van der Waals surface area contributed by atoms with Crippen LogP contribution in [0.1, 0.15) is 22.1 Å². The van der Waals surface area contributed by atoms with E-state index < -0.39 is 11.9 Å². The molecule has 3 aliphatic rings. The first-order valence-corrected chi connectivity index (χ1v) is 9.98. The lowest BCUT2D eigenvalue weighted by atomic mass is 10.00. The van der Waals surface area contributed by atoms with E-state index in [9.17, 15) is 14.4 Å². The van der Waals surface area contributed by atoms with Gasteiger partial charge in [0.25, 0.3) is 5.91 Å². The molecule has 0 radical (unpaired) electrons. The molecule has 2 atom stereocenters. The quantitative estimate of drug-likeness (QED) is 0.799. The maximum atomic E-state index is 13.2. The van der Waals surface area contributed by atoms with Crippen LogP contribution in [0.25, 0.3) is 11.3 Å². The molecule has 0 saturated carbocycles. The maximum Gasteiger partial charge on any atom is 0.310 e. The van der Waals surface area contributed by atoms with E-state index in [1.54, 1.807) is 15.6 Å². The first kappa shape index (κ1) is 18.8. The summed E-state index contributed by atoms with van der Waals surface area (Å²) in [6, 6.07) is 9.30. The predicted octanol–water partition coefficient (Wildman–Crippen LogP) is 0.797. The van der Waals surface area contributed by atoms with Crippen molar-refractivity contribution in [3.63, 3.8) is 0 Å². The van der Waals surface area contributed by atoms with Crippen LogP contribution in [0.15, 0.2) is 30.3 Å². The third kappa shape index (κ3) is 2.97. The van der Waals surface area contributed by atoms with E-state index >= 15 is 0 Å². The molecule has 9 heteroatoms. The summed E-state index contributed by atoms with van der Waals surface area (Å²) in [5, 5.41) is 13.7. The minimum atomic E-state index is -0.898. The summed E-state index contributed by atoms with van der Waals surface area (Å²) in [5.74, 6) is -1.91. The normalized spacial score (nSPS) is 23.2. The topological polar surface area (TPSA) is 105 Å². The van der Waals surface area contributed by atoms with E-state index in [0.29, 0.717) is 24.6 Å². The van der Waals surface area contributed by atoms with E-state index in [2.05, 4.69) is 5.10 Å². The molecule has 2 fully saturated rings. The number of aryl methyl sites for hydroxylation is 1. The van der Waals surface area contributed by atoms with Gasteiger partial charge in [0.05, 0.1) is 36.9 Å². The third-order valence-electron chi connectivity index (χ3n) is 6.19. The molecule has 2 aromatic rings. The Kier molecular flexibility index (Phi) is 4.35. The average Bonchev–Trinajstić information content (AvgIpc) is 3.31. The van der Waals surface area contributed by atoms with Crippen LogP contribution in [0.2, 0.25) is 0 Å². The number of likely N-dealkylation sites (tertiary alicyclic amines) is 1. The molecule has 30 heavy (non-hydrogen) atoms. The van der Waals surface area contributed by atoms with Crippen molar-refractivity contribution in [2.45, 2.75) is 19.0 Å². The van der Waals surface area contributed by atoms with Crippen LogP contribution in [-0.2, 0) is 14.3 Å². The van der Waals surface area contributed by atoms with Crippen molar-refractivity contribution in [3.8, 4) is 11.3 Å². The Balaban J connectivity index is 1.40. The number of aliphatic carboxylic acids is 1. The van der Waals surface area contributed by atoms with Crippen LogP contribution in [-0.4, -0.2) is 81.4 Å². The number of hydrogen-bond donors (Lipinski definition) is 1. The van der Waals surface area contributed by atoms with Crippen molar-refractivity contribution in [2.24, 2.45) is 5.92 Å². The Labute approximate surface area is 172 Å². The Morgan fingerprint density at radius 1 is 1.17 bits per heavy atom. The van der Waals surface area contributed by atoms with Crippen molar-refractivity contribution in [3.05, 3.63) is 41.6 Å². The second-order valence-electron chi connectivity index (χ2n) is 8.16. The highest BCUT2D eigenvalue weighted by molar-refractivity contribution is 5.97. The summed E-state index contributed by atoms with van der Waals surface area (Å²) in [7, 11) is 0. The van der Waals surface area contributed by atoms with Crippen LogP contribution in [0, 0.1) is 12.8 Å². The molecule has 2 saturated heterocycles. The SMILES string of the molecule is Cc1ccc(-c2cc3n(n2)C2COCC2N(CC(=O)N2CC(C(=O)O)C2)C3=O)cc1. The molecular formula is C21H22N4O5. The second kappa shape index (κ2) is 6.94. The summed E-state index contributed by atoms with van der Waals surface area (Å²) in [6.07, 6.45) is 0. The number of carbonyl (C=O) groups excluding carboxylic acids is 2. The van der Waals surface area contributed by atoms with Gasteiger partial charge in [-0.15, -0.1) is 0 Å². The number of aromatic nitrogens is 2. The van der Waals surface area contributed by atoms with Crippen LogP contribution < -0.4 is 0 Å². The van der Waals surface area contributed by atoms with E-state index in [-0.39, 0.29) is 43.5 Å². The molecule has 1 aromatic carbocycles. The number of carboxylic acid groups (broad SMARTS) is 1. The zero-order valence-electron chi connectivity index (χ0n) is 16.5. The van der Waals surface area contributed by atoms with Gasteiger partial charge in [0.1, 0.15) is 12.2 Å². The zero-order valence-corrected chi connectivity index (χ0v) is 16.5. The Morgan fingerprint density at radius 3 is 2.57 bits per heavy atom. The fraction of sp³-hybridized carbons (Fsp3) is 0.429. The predicted molar refractivity (Wildman–Crippen MR) is 105 cm³/mol. The lowest BCUT2D eigenvalue weighted by molar-refractivity contribution is -0.153. The van der Waals surface area contributed by atoms with Crippen molar-refractivity contribution in [1.29, 1.82) is 0 Å². The molecular weight excluding hydrogens is 388 g/mol. The van der Waals surface area contributed by atoms with Gasteiger partial charge in [-0.25, -0.2) is 0 Å². The maximum absolute atomic E-state index is 13.2. The van der Waals surface area contributed by atoms with Crippen LogP contribution >= 0.6 is 0 Å². The first-order valence-electron chi connectivity index (χ1n) is 9.98. The lowest BCUT2D eigenvalue weighted by Crippen LogP contribution is -2.58. The van der Waals surface area contributed by atoms with Crippen molar-refractivity contribution in [2.75, 3.05) is 32.8 Å². The Hall–Kier alpha value is -3.20. The van der Waals surface area contributed by atoms with E-state index in [4.69, 9.17) is 9.84 Å². The molecule has 156 valence electrons. The van der Waals surface area contributed by atoms with Gasteiger partial charge in [0.2, 0.25) is 5.91 Å². The number of fused-ring (bicyclic) bond motifs is 3. The molecule has 0 aliphatic carbocycles. The first-order chi connectivity index (χ1) is 14.4. The monoisotopic (exact) mass is 410 g/mol. The third-order valence-corrected chi connectivity index (χ3v) is 6.19. The number of benzene rings is 1. The molecule has 3 aliphatic heterocycles. The minimum absolute atomic E-state index is 0.0826. The van der Waals surface area contributed by atoms with E-state index in [0.717, 1.165) is 11.1 Å². The second-order valence-corrected chi connectivity index (χ2v) is 8.16. The summed E-state index contributed by atoms with van der Waals surface area (Å²) < 4.78 is 7.37. The summed E-state index contributed by atoms with van der Waals surface area (Å²) in [5.41, 5.74) is 3.22. The molecule has 9 nitrogen and oxygen atoms in total. The highest BCUT2D eigenvalue weighted by Gasteiger charge is 2.46. The fourth-order valence-electron chi connectivity index (χ4n) is 4.31. The molecule has 0 bridgehead atoms. The zero-order chi connectivity index (χ0) is 21.0. The molecule has 5 rings (SSSR count). The number of carboxylic acids is 1. The average molecular weight is 410 g/mol. The number of carbonyl (C=O) groups is 3. The molecule has 2 unspecified atom stereocenters. The molecule has 4 heterocycles. The largest absolute Gasteiger partial charge is 0.481 e. The number of nitrogens with zero attached hydrogens (tertiary/aromatic N) is 4. The number of ether oxygens (including phenoxy) is 1. The Morgan fingerprint density at radius 2 is 1.87 bits per heavy atom. The van der Waals surface area contributed by atoms with E-state index in [1.807, 2.05) is 31.2 Å². The number of rotatable bonds is 4. The van der Waals surface area contributed by atoms with Gasteiger partial charge in [-0.1, -0.05) is 29.8 Å². The number of amides is 2. The highest BCUT2D eigenvalue weighted by atomic mass is 16.5. The minimum Gasteiger partial charge on any atom is -0.481 e. The smallest absolute Gasteiger partial charge is 0.310 e. The fourth-order valence-corrected chi connectivity index (χ4v) is 4.31.